The fourth-order valence-corrected chi connectivity index (χ4v) is 2.28. The van der Waals surface area contributed by atoms with Gasteiger partial charge in [0.15, 0.2) is 0 Å². The van der Waals surface area contributed by atoms with Gasteiger partial charge in [-0.05, 0) is 30.5 Å². The molecule has 0 aromatic carbocycles. The number of nitrogens with two attached hydrogens (primary N) is 1. The van der Waals surface area contributed by atoms with Crippen molar-refractivity contribution in [3.8, 4) is 0 Å². The van der Waals surface area contributed by atoms with Crippen molar-refractivity contribution in [3.63, 3.8) is 0 Å². The highest BCUT2D eigenvalue weighted by Crippen LogP contribution is 2.24. The topological polar surface area (TPSA) is 39.2 Å². The fraction of sp³-hybridized carbons (Fsp3) is 0.636. The van der Waals surface area contributed by atoms with Crippen LogP contribution in [0.25, 0.3) is 0 Å². The molecule has 0 fully saturated rings. The molecule has 1 rings (SSSR count). The number of thioether (sulfide) groups is 1. The van der Waals surface area contributed by atoms with Crippen molar-refractivity contribution in [2.24, 2.45) is 11.1 Å². The highest BCUT2D eigenvalue weighted by Gasteiger charge is 2.15. The Morgan fingerprint density at radius 3 is 2.71 bits per heavy atom. The average molecular weight is 213 g/mol. The second-order valence-corrected chi connectivity index (χ2v) is 5.37. The van der Waals surface area contributed by atoms with Crippen LogP contribution in [0, 0.1) is 12.3 Å². The van der Waals surface area contributed by atoms with E-state index in [0.29, 0.717) is 0 Å². The zero-order valence-corrected chi connectivity index (χ0v) is 9.99. The molecule has 0 bridgehead atoms. The lowest BCUT2D eigenvalue weighted by atomic mass is 9.97. The van der Waals surface area contributed by atoms with Gasteiger partial charge in [-0.25, -0.2) is 0 Å². The van der Waals surface area contributed by atoms with Crippen molar-refractivity contribution in [2.75, 3.05) is 12.3 Å². The molecule has 1 heterocycles. The third-order valence-electron chi connectivity index (χ3n) is 2.25. The molecule has 0 aliphatic heterocycles. The molecule has 1 aromatic rings. The van der Waals surface area contributed by atoms with Crippen LogP contribution in [0.2, 0.25) is 0 Å². The van der Waals surface area contributed by atoms with Crippen molar-refractivity contribution < 1.29 is 4.42 Å². The predicted molar refractivity (Wildman–Crippen MR) is 62.4 cm³/mol. The molecule has 0 spiro atoms. The van der Waals surface area contributed by atoms with Gasteiger partial charge in [-0.1, -0.05) is 13.8 Å². The molecule has 0 saturated carbocycles. The van der Waals surface area contributed by atoms with Crippen molar-refractivity contribution in [3.05, 3.63) is 23.7 Å². The quantitative estimate of drug-likeness (QED) is 0.817. The highest BCUT2D eigenvalue weighted by molar-refractivity contribution is 7.98. The van der Waals surface area contributed by atoms with Gasteiger partial charge in [-0.2, -0.15) is 11.8 Å². The van der Waals surface area contributed by atoms with E-state index < -0.39 is 0 Å². The van der Waals surface area contributed by atoms with E-state index in [9.17, 15) is 0 Å². The summed E-state index contributed by atoms with van der Waals surface area (Å²) in [5.74, 6) is 3.11. The number of hydrogen-bond acceptors (Lipinski definition) is 3. The van der Waals surface area contributed by atoms with E-state index in [4.69, 9.17) is 10.2 Å². The van der Waals surface area contributed by atoms with Gasteiger partial charge in [-0.15, -0.1) is 0 Å². The maximum Gasteiger partial charge on any atom is 0.116 e. The molecule has 0 aliphatic rings. The van der Waals surface area contributed by atoms with Crippen LogP contribution < -0.4 is 5.73 Å². The lowest BCUT2D eigenvalue weighted by Gasteiger charge is -2.21. The Hall–Kier alpha value is -0.410. The molecule has 0 atom stereocenters. The van der Waals surface area contributed by atoms with Gasteiger partial charge in [0.25, 0.3) is 0 Å². The maximum atomic E-state index is 5.66. The fourth-order valence-electron chi connectivity index (χ4n) is 1.03. The molecule has 3 heteroatoms. The van der Waals surface area contributed by atoms with Crippen LogP contribution in [0.4, 0.5) is 0 Å². The van der Waals surface area contributed by atoms with E-state index in [1.165, 1.54) is 5.56 Å². The van der Waals surface area contributed by atoms with Gasteiger partial charge < -0.3 is 10.2 Å². The minimum Gasteiger partial charge on any atom is -0.468 e. The molecule has 0 saturated heterocycles. The molecule has 14 heavy (non-hydrogen) atoms. The number of hydrogen-bond donors (Lipinski definition) is 1. The van der Waals surface area contributed by atoms with E-state index in [2.05, 4.69) is 20.8 Å². The summed E-state index contributed by atoms with van der Waals surface area (Å²) in [6, 6.07) is 2.00. The maximum absolute atomic E-state index is 5.66. The van der Waals surface area contributed by atoms with Crippen LogP contribution in [0.5, 0.6) is 0 Å². The Morgan fingerprint density at radius 1 is 1.50 bits per heavy atom. The van der Waals surface area contributed by atoms with Gasteiger partial charge in [0, 0.05) is 5.75 Å². The summed E-state index contributed by atoms with van der Waals surface area (Å²) < 4.78 is 5.36. The Bertz CT molecular complexity index is 281. The Morgan fingerprint density at radius 2 is 2.21 bits per heavy atom. The molecule has 2 nitrogen and oxygen atoms in total. The van der Waals surface area contributed by atoms with Crippen molar-refractivity contribution >= 4 is 11.8 Å². The van der Waals surface area contributed by atoms with Crippen molar-refractivity contribution in [1.29, 1.82) is 0 Å². The molecule has 80 valence electrons. The number of rotatable bonds is 5. The first-order valence-electron chi connectivity index (χ1n) is 4.86. The van der Waals surface area contributed by atoms with Crippen LogP contribution in [0.3, 0.4) is 0 Å². The van der Waals surface area contributed by atoms with Crippen LogP contribution >= 0.6 is 11.8 Å². The van der Waals surface area contributed by atoms with E-state index >= 15 is 0 Å². The van der Waals surface area contributed by atoms with Gasteiger partial charge >= 0.3 is 0 Å². The van der Waals surface area contributed by atoms with Crippen LogP contribution in [0.1, 0.15) is 25.2 Å². The van der Waals surface area contributed by atoms with E-state index in [1.807, 2.05) is 17.8 Å². The lowest BCUT2D eigenvalue weighted by Crippen LogP contribution is -2.25. The minimum atomic E-state index is 0.227. The SMILES string of the molecule is Cc1ccoc1CSCC(C)(C)CN. The molecule has 0 amide bonds. The number of furan rings is 1. The standard InChI is InChI=1S/C11H19NOS/c1-9-4-5-13-10(9)6-14-8-11(2,3)7-12/h4-5H,6-8,12H2,1-3H3. The van der Waals surface area contributed by atoms with Crippen molar-refractivity contribution in [1.82, 2.24) is 0 Å². The monoisotopic (exact) mass is 213 g/mol. The van der Waals surface area contributed by atoms with Crippen LogP contribution in [0.15, 0.2) is 16.7 Å². The van der Waals surface area contributed by atoms with Crippen LogP contribution in [-0.4, -0.2) is 12.3 Å². The largest absolute Gasteiger partial charge is 0.468 e. The Balaban J connectivity index is 2.32. The van der Waals surface area contributed by atoms with Gasteiger partial charge in [0.1, 0.15) is 5.76 Å². The van der Waals surface area contributed by atoms with Gasteiger partial charge in [-0.3, -0.25) is 0 Å². The normalized spacial score (nSPS) is 12.0. The molecular weight excluding hydrogens is 194 g/mol. The molecule has 0 unspecified atom stereocenters. The van der Waals surface area contributed by atoms with Gasteiger partial charge in [0.05, 0.1) is 12.0 Å². The summed E-state index contributed by atoms with van der Waals surface area (Å²) in [4.78, 5) is 0. The summed E-state index contributed by atoms with van der Waals surface area (Å²) in [6.07, 6.45) is 1.75. The summed E-state index contributed by atoms with van der Waals surface area (Å²) in [7, 11) is 0. The summed E-state index contributed by atoms with van der Waals surface area (Å²) in [6.45, 7) is 7.19. The Labute approximate surface area is 90.2 Å². The third-order valence-corrected chi connectivity index (χ3v) is 3.70. The highest BCUT2D eigenvalue weighted by atomic mass is 32.2. The predicted octanol–water partition coefficient (Wildman–Crippen LogP) is 2.81. The van der Waals surface area contributed by atoms with E-state index in [0.717, 1.165) is 23.8 Å². The second-order valence-electron chi connectivity index (χ2n) is 4.39. The summed E-state index contributed by atoms with van der Waals surface area (Å²) >= 11 is 1.88. The smallest absolute Gasteiger partial charge is 0.116 e. The second kappa shape index (κ2) is 4.89. The molecule has 1 aromatic heterocycles. The zero-order chi connectivity index (χ0) is 10.6. The Kier molecular flexibility index (Phi) is 4.08. The molecule has 0 radical (unpaired) electrons. The number of aryl methyl sites for hydroxylation is 1. The minimum absolute atomic E-state index is 0.227. The summed E-state index contributed by atoms with van der Waals surface area (Å²) in [5, 5.41) is 0. The molecular formula is C11H19NOS. The first-order valence-corrected chi connectivity index (χ1v) is 6.01. The molecule has 0 aliphatic carbocycles. The van der Waals surface area contributed by atoms with E-state index in [1.54, 1.807) is 6.26 Å². The first kappa shape index (κ1) is 11.7. The van der Waals surface area contributed by atoms with Gasteiger partial charge in [0.2, 0.25) is 0 Å². The van der Waals surface area contributed by atoms with Crippen molar-refractivity contribution in [2.45, 2.75) is 26.5 Å². The average Bonchev–Trinajstić information content (AvgIpc) is 2.52. The third kappa shape index (κ3) is 3.39. The molecule has 2 N–H and O–H groups in total. The van der Waals surface area contributed by atoms with Crippen LogP contribution in [-0.2, 0) is 5.75 Å². The summed E-state index contributed by atoms with van der Waals surface area (Å²) in [5.41, 5.74) is 7.13. The lowest BCUT2D eigenvalue weighted by molar-refractivity contribution is 0.438. The zero-order valence-electron chi connectivity index (χ0n) is 9.17. The van der Waals surface area contributed by atoms with E-state index in [-0.39, 0.29) is 5.41 Å². The first-order chi connectivity index (χ1) is 6.55.